The zero-order chi connectivity index (χ0) is 27.4. The molecule has 0 aliphatic rings. The summed E-state index contributed by atoms with van der Waals surface area (Å²) in [5.74, 6) is -2.00. The predicted molar refractivity (Wildman–Crippen MR) is 137 cm³/mol. The molecule has 8 heteroatoms. The maximum absolute atomic E-state index is 14.0. The Balaban J connectivity index is 0.000000591. The van der Waals surface area contributed by atoms with Crippen molar-refractivity contribution in [3.63, 3.8) is 0 Å². The fourth-order valence-corrected chi connectivity index (χ4v) is 3.67. The molecule has 3 aromatic carbocycles. The summed E-state index contributed by atoms with van der Waals surface area (Å²) in [6.45, 7) is 5.56. The predicted octanol–water partition coefficient (Wildman–Crippen LogP) is 6.58. The number of nitriles is 1. The van der Waals surface area contributed by atoms with E-state index in [9.17, 15) is 22.4 Å². The van der Waals surface area contributed by atoms with E-state index in [0.717, 1.165) is 12.1 Å². The molecule has 0 bridgehead atoms. The van der Waals surface area contributed by atoms with Crippen LogP contribution in [0.5, 0.6) is 0 Å². The average molecular weight is 514 g/mol. The number of aryl methyl sites for hydroxylation is 1. The van der Waals surface area contributed by atoms with E-state index in [-0.39, 0.29) is 29.2 Å². The number of halogens is 4. The number of carbonyl (C=O) groups excluding carboxylic acids is 1. The highest BCUT2D eigenvalue weighted by Crippen LogP contribution is 2.29. The Morgan fingerprint density at radius 1 is 0.919 bits per heavy atom. The summed E-state index contributed by atoms with van der Waals surface area (Å²) in [7, 11) is 0. The number of nitrogens with one attached hydrogen (secondary N) is 2. The van der Waals surface area contributed by atoms with E-state index in [4.69, 9.17) is 5.26 Å². The van der Waals surface area contributed by atoms with Gasteiger partial charge in [-0.3, -0.25) is 10.1 Å². The number of nitrogens with zero attached hydrogens (tertiary/aromatic N) is 1. The lowest BCUT2D eigenvalue weighted by molar-refractivity contribution is -0.123. The van der Waals surface area contributed by atoms with Gasteiger partial charge in [0, 0.05) is 0 Å². The summed E-state index contributed by atoms with van der Waals surface area (Å²) in [5, 5.41) is 13.7. The van der Waals surface area contributed by atoms with Gasteiger partial charge in [0.25, 0.3) is 6.43 Å². The Hall–Kier alpha value is -3.70. The van der Waals surface area contributed by atoms with Crippen LogP contribution in [0.3, 0.4) is 0 Å². The fourth-order valence-electron chi connectivity index (χ4n) is 3.67. The van der Waals surface area contributed by atoms with Gasteiger partial charge in [-0.1, -0.05) is 80.1 Å². The van der Waals surface area contributed by atoms with Gasteiger partial charge < -0.3 is 5.32 Å². The largest absolute Gasteiger partial charge is 0.342 e. The van der Waals surface area contributed by atoms with Crippen molar-refractivity contribution in [1.82, 2.24) is 10.6 Å². The van der Waals surface area contributed by atoms with E-state index in [0.29, 0.717) is 6.42 Å². The van der Waals surface area contributed by atoms with Crippen LogP contribution in [0.2, 0.25) is 0 Å². The first-order valence-electron chi connectivity index (χ1n) is 11.9. The molecule has 0 saturated heterocycles. The number of rotatable bonds is 9. The van der Waals surface area contributed by atoms with Crippen molar-refractivity contribution in [2.24, 2.45) is 5.92 Å². The molecule has 1 unspecified atom stereocenters. The van der Waals surface area contributed by atoms with Crippen LogP contribution in [0, 0.1) is 35.8 Å². The highest BCUT2D eigenvalue weighted by Gasteiger charge is 2.29. The third-order valence-corrected chi connectivity index (χ3v) is 5.46. The molecule has 2 atom stereocenters. The van der Waals surface area contributed by atoms with Crippen LogP contribution >= 0.6 is 0 Å². The molecule has 0 aliphatic carbocycles. The summed E-state index contributed by atoms with van der Waals surface area (Å²) < 4.78 is 55.5. The Bertz CT molecular complexity index is 1140. The van der Waals surface area contributed by atoms with E-state index in [2.05, 4.69) is 29.7 Å². The Morgan fingerprint density at radius 3 is 1.97 bits per heavy atom. The van der Waals surface area contributed by atoms with E-state index < -0.39 is 36.1 Å². The average Bonchev–Trinajstić information content (AvgIpc) is 2.86. The highest BCUT2D eigenvalue weighted by molar-refractivity contribution is 5.82. The maximum atomic E-state index is 14.0. The summed E-state index contributed by atoms with van der Waals surface area (Å²) in [4.78, 5) is 12.3. The van der Waals surface area contributed by atoms with Crippen molar-refractivity contribution in [2.45, 2.75) is 45.7 Å². The molecule has 0 heterocycles. The molecule has 3 aromatic rings. The van der Waals surface area contributed by atoms with Crippen molar-refractivity contribution < 1.29 is 22.4 Å². The molecule has 37 heavy (non-hydrogen) atoms. The summed E-state index contributed by atoms with van der Waals surface area (Å²) >= 11 is 0. The van der Waals surface area contributed by atoms with Gasteiger partial charge in [0.15, 0.2) is 0 Å². The number of hydrogen-bond acceptors (Lipinski definition) is 3. The Morgan fingerprint density at radius 2 is 1.51 bits per heavy atom. The smallest absolute Gasteiger partial charge is 0.257 e. The second-order valence-corrected chi connectivity index (χ2v) is 8.91. The number of alkyl halides is 2. The molecule has 0 spiro atoms. The second-order valence-electron chi connectivity index (χ2n) is 8.91. The standard InChI is InChI=1S/C22H23F4N3O.C7H8/c1-13(2)12-18(22(30)28-11-10-27)29-20(21(25)26)15-8-6-14(7-9-15)19-16(23)4-3-5-17(19)24;1-7-5-3-2-4-6-7/h3-9,13,18,20-21,29H,11-12H2,1-2H3,(H,28,30);2-6H,1H3/t18-,20?;/m0./s1. The fraction of sp³-hybridized carbons (Fsp3) is 0.310. The van der Waals surface area contributed by atoms with Gasteiger partial charge in [-0.05, 0) is 42.5 Å². The minimum Gasteiger partial charge on any atom is -0.342 e. The first-order valence-corrected chi connectivity index (χ1v) is 11.9. The third-order valence-electron chi connectivity index (χ3n) is 5.46. The van der Waals surface area contributed by atoms with Crippen molar-refractivity contribution in [3.8, 4) is 17.2 Å². The zero-order valence-electron chi connectivity index (χ0n) is 21.0. The van der Waals surface area contributed by atoms with Crippen LogP contribution in [-0.4, -0.2) is 24.9 Å². The van der Waals surface area contributed by atoms with Crippen molar-refractivity contribution in [3.05, 3.63) is 95.6 Å². The molecule has 0 aliphatic heterocycles. The molecule has 3 rings (SSSR count). The third kappa shape index (κ3) is 9.36. The van der Waals surface area contributed by atoms with Gasteiger partial charge in [0.2, 0.25) is 5.91 Å². The number of hydrogen-bond donors (Lipinski definition) is 2. The topological polar surface area (TPSA) is 64.9 Å². The van der Waals surface area contributed by atoms with Crippen LogP contribution in [0.15, 0.2) is 72.8 Å². The molecule has 0 fully saturated rings. The van der Waals surface area contributed by atoms with Crippen LogP contribution in [0.25, 0.3) is 11.1 Å². The number of amides is 1. The summed E-state index contributed by atoms with van der Waals surface area (Å²) in [5.41, 5.74) is 1.47. The lowest BCUT2D eigenvalue weighted by atomic mass is 9.97. The van der Waals surface area contributed by atoms with Crippen molar-refractivity contribution in [2.75, 3.05) is 6.54 Å². The van der Waals surface area contributed by atoms with Gasteiger partial charge in [-0.2, -0.15) is 5.26 Å². The van der Waals surface area contributed by atoms with Crippen LogP contribution < -0.4 is 10.6 Å². The van der Waals surface area contributed by atoms with E-state index >= 15 is 0 Å². The Labute approximate surface area is 215 Å². The molecule has 0 aromatic heterocycles. The van der Waals surface area contributed by atoms with Gasteiger partial charge in [-0.25, -0.2) is 17.6 Å². The molecule has 1 amide bonds. The Kier molecular flexibility index (Phi) is 11.8. The maximum Gasteiger partial charge on any atom is 0.257 e. The molecule has 0 saturated carbocycles. The molecule has 2 N–H and O–H groups in total. The molecular formula is C29H31F4N3O. The normalized spacial score (nSPS) is 12.3. The van der Waals surface area contributed by atoms with Crippen LogP contribution in [-0.2, 0) is 4.79 Å². The van der Waals surface area contributed by atoms with Gasteiger partial charge in [0.1, 0.15) is 18.2 Å². The van der Waals surface area contributed by atoms with Crippen molar-refractivity contribution in [1.29, 1.82) is 5.26 Å². The summed E-state index contributed by atoms with van der Waals surface area (Å²) in [6.07, 6.45) is -2.54. The van der Waals surface area contributed by atoms with Crippen LogP contribution in [0.4, 0.5) is 17.6 Å². The zero-order valence-corrected chi connectivity index (χ0v) is 21.0. The monoisotopic (exact) mass is 513 g/mol. The minimum atomic E-state index is -2.83. The van der Waals surface area contributed by atoms with Gasteiger partial charge in [0.05, 0.1) is 23.7 Å². The summed E-state index contributed by atoms with van der Waals surface area (Å²) in [6, 6.07) is 18.5. The lowest BCUT2D eigenvalue weighted by Crippen LogP contribution is -2.47. The quantitative estimate of drug-likeness (QED) is 0.251. The first kappa shape index (κ1) is 29.5. The molecule has 196 valence electrons. The lowest BCUT2D eigenvalue weighted by Gasteiger charge is -2.26. The van der Waals surface area contributed by atoms with E-state index in [1.807, 2.05) is 32.0 Å². The van der Waals surface area contributed by atoms with Crippen molar-refractivity contribution >= 4 is 5.91 Å². The van der Waals surface area contributed by atoms with Crippen LogP contribution in [0.1, 0.15) is 37.4 Å². The highest BCUT2D eigenvalue weighted by atomic mass is 19.3. The van der Waals surface area contributed by atoms with Gasteiger partial charge >= 0.3 is 0 Å². The van der Waals surface area contributed by atoms with E-state index in [1.54, 1.807) is 6.07 Å². The number of benzene rings is 3. The van der Waals surface area contributed by atoms with Gasteiger partial charge in [-0.15, -0.1) is 0 Å². The minimum absolute atomic E-state index is 0.0417. The molecular weight excluding hydrogens is 482 g/mol. The second kappa shape index (κ2) is 14.8. The van der Waals surface area contributed by atoms with E-state index in [1.165, 1.54) is 35.9 Å². The number of carbonyl (C=O) groups is 1. The molecule has 4 nitrogen and oxygen atoms in total. The first-order chi connectivity index (χ1) is 17.6. The SMILES string of the molecule is CC(C)C[C@H](NC(c1ccc(-c2c(F)cccc2F)cc1)C(F)F)C(=O)NCC#N.Cc1ccccc1. The molecule has 0 radical (unpaired) electrons.